The predicted octanol–water partition coefficient (Wildman–Crippen LogP) is 1.85. The van der Waals surface area contributed by atoms with Gasteiger partial charge in [0.25, 0.3) is 0 Å². The van der Waals surface area contributed by atoms with E-state index in [0.29, 0.717) is 50.1 Å². The molecule has 0 aromatic heterocycles. The molecule has 0 bridgehead atoms. The van der Waals surface area contributed by atoms with Crippen molar-refractivity contribution >= 4 is 17.7 Å². The van der Waals surface area contributed by atoms with Gasteiger partial charge in [0.05, 0.1) is 11.6 Å². The number of β-amino-alcohol motifs (C(OH)–C–C–N with tert-alkyl or cyclic N) is 1. The fraction of sp³-hybridized carbons (Fsp3) is 0.562. The predicted molar refractivity (Wildman–Crippen MR) is 88.0 cm³/mol. The third-order valence-corrected chi connectivity index (χ3v) is 3.95. The van der Waals surface area contributed by atoms with Crippen LogP contribution >= 0.6 is 11.6 Å². The van der Waals surface area contributed by atoms with Gasteiger partial charge in [0.15, 0.2) is 0 Å². The zero-order valence-corrected chi connectivity index (χ0v) is 14.0. The number of carbonyl (C=O) groups excluding carboxylic acids is 1. The second-order valence-electron chi connectivity index (χ2n) is 5.38. The van der Waals surface area contributed by atoms with Crippen LogP contribution in [0.4, 0.5) is 4.79 Å². The molecule has 1 aromatic carbocycles. The third kappa shape index (κ3) is 5.57. The van der Waals surface area contributed by atoms with Gasteiger partial charge in [0.2, 0.25) is 0 Å². The quantitative estimate of drug-likeness (QED) is 0.855. The summed E-state index contributed by atoms with van der Waals surface area (Å²) in [5.74, 6) is 0.570. The molecule has 2 rings (SSSR count). The highest BCUT2D eigenvalue weighted by Gasteiger charge is 2.23. The molecule has 1 atom stereocenters. The minimum atomic E-state index is -0.611. The van der Waals surface area contributed by atoms with Crippen molar-refractivity contribution in [3.8, 4) is 5.75 Å². The molecule has 1 heterocycles. The molecule has 1 saturated heterocycles. The first-order valence-corrected chi connectivity index (χ1v) is 8.17. The Bertz CT molecular complexity index is 507. The molecule has 1 fully saturated rings. The third-order valence-electron chi connectivity index (χ3n) is 3.64. The molecule has 7 heteroatoms. The highest BCUT2D eigenvalue weighted by molar-refractivity contribution is 6.32. The Labute approximate surface area is 141 Å². The van der Waals surface area contributed by atoms with Gasteiger partial charge in [0, 0.05) is 32.7 Å². The first kappa shape index (κ1) is 17.8. The fourth-order valence-corrected chi connectivity index (χ4v) is 2.62. The smallest absolute Gasteiger partial charge is 0.409 e. The maximum atomic E-state index is 11.6. The van der Waals surface area contributed by atoms with E-state index < -0.39 is 6.10 Å². The maximum absolute atomic E-state index is 11.6. The van der Waals surface area contributed by atoms with Crippen LogP contribution < -0.4 is 4.74 Å². The molecule has 1 N–H and O–H groups in total. The van der Waals surface area contributed by atoms with Crippen LogP contribution in [0.3, 0.4) is 0 Å². The zero-order valence-electron chi connectivity index (χ0n) is 13.3. The number of hydrogen-bond donors (Lipinski definition) is 1. The van der Waals surface area contributed by atoms with Gasteiger partial charge < -0.3 is 19.5 Å². The standard InChI is InChI=1S/C16H23ClN2O4/c1-2-22-16(21)19-9-7-18(8-10-19)11-13(20)12-23-15-6-4-3-5-14(15)17/h3-6,13,20H,2,7-12H2,1H3/t13-/m0/s1. The lowest BCUT2D eigenvalue weighted by Crippen LogP contribution is -2.51. The molecule has 1 aliphatic rings. The highest BCUT2D eigenvalue weighted by Crippen LogP contribution is 2.23. The molecule has 0 saturated carbocycles. The van der Waals surface area contributed by atoms with Crippen molar-refractivity contribution < 1.29 is 19.4 Å². The molecule has 1 amide bonds. The van der Waals surface area contributed by atoms with E-state index in [1.54, 1.807) is 24.0 Å². The molecule has 23 heavy (non-hydrogen) atoms. The van der Waals surface area contributed by atoms with Crippen LogP contribution in [0.1, 0.15) is 6.92 Å². The van der Waals surface area contributed by atoms with Gasteiger partial charge in [-0.2, -0.15) is 0 Å². The second-order valence-corrected chi connectivity index (χ2v) is 5.79. The van der Waals surface area contributed by atoms with Gasteiger partial charge in [-0.15, -0.1) is 0 Å². The van der Waals surface area contributed by atoms with Gasteiger partial charge in [-0.25, -0.2) is 4.79 Å². The average Bonchev–Trinajstić information content (AvgIpc) is 2.55. The summed E-state index contributed by atoms with van der Waals surface area (Å²) in [6.45, 7) is 5.50. The van der Waals surface area contributed by atoms with Crippen LogP contribution in [0.15, 0.2) is 24.3 Å². The number of hydrogen-bond acceptors (Lipinski definition) is 5. The molecule has 1 aliphatic heterocycles. The Morgan fingerprint density at radius 2 is 2.00 bits per heavy atom. The number of aliphatic hydroxyl groups is 1. The number of piperazine rings is 1. The number of halogens is 1. The van der Waals surface area contributed by atoms with Gasteiger partial charge >= 0.3 is 6.09 Å². The lowest BCUT2D eigenvalue weighted by molar-refractivity contribution is 0.0408. The summed E-state index contributed by atoms with van der Waals surface area (Å²) in [6.07, 6.45) is -0.879. The van der Waals surface area contributed by atoms with E-state index in [9.17, 15) is 9.90 Å². The summed E-state index contributed by atoms with van der Waals surface area (Å²) in [6, 6.07) is 7.18. The Morgan fingerprint density at radius 3 is 2.65 bits per heavy atom. The minimum Gasteiger partial charge on any atom is -0.489 e. The van der Waals surface area contributed by atoms with E-state index in [1.165, 1.54) is 0 Å². The fourth-order valence-electron chi connectivity index (χ4n) is 2.43. The summed E-state index contributed by atoms with van der Waals surface area (Å²) in [4.78, 5) is 15.4. The molecular weight excluding hydrogens is 320 g/mol. The number of para-hydroxylation sites is 1. The summed E-state index contributed by atoms with van der Waals surface area (Å²) >= 11 is 6.00. The number of ether oxygens (including phenoxy) is 2. The number of carbonyl (C=O) groups is 1. The van der Waals surface area contributed by atoms with E-state index in [1.807, 2.05) is 12.1 Å². The summed E-state index contributed by atoms with van der Waals surface area (Å²) in [5, 5.41) is 10.6. The van der Waals surface area contributed by atoms with Gasteiger partial charge in [-0.1, -0.05) is 23.7 Å². The van der Waals surface area contributed by atoms with E-state index in [-0.39, 0.29) is 12.7 Å². The van der Waals surface area contributed by atoms with Crippen molar-refractivity contribution in [2.45, 2.75) is 13.0 Å². The highest BCUT2D eigenvalue weighted by atomic mass is 35.5. The molecule has 0 aliphatic carbocycles. The average molecular weight is 343 g/mol. The normalized spacial score (nSPS) is 16.9. The Kier molecular flexibility index (Phi) is 6.95. The molecule has 0 radical (unpaired) electrons. The lowest BCUT2D eigenvalue weighted by Gasteiger charge is -2.34. The van der Waals surface area contributed by atoms with Gasteiger partial charge in [-0.05, 0) is 19.1 Å². The summed E-state index contributed by atoms with van der Waals surface area (Å²) in [7, 11) is 0. The van der Waals surface area contributed by atoms with E-state index in [0.717, 1.165) is 0 Å². The molecule has 1 aromatic rings. The number of aliphatic hydroxyl groups excluding tert-OH is 1. The largest absolute Gasteiger partial charge is 0.489 e. The first-order valence-electron chi connectivity index (χ1n) is 7.79. The summed E-state index contributed by atoms with van der Waals surface area (Å²) in [5.41, 5.74) is 0. The van der Waals surface area contributed by atoms with Crippen molar-refractivity contribution in [2.24, 2.45) is 0 Å². The number of benzene rings is 1. The molecule has 0 spiro atoms. The molecule has 6 nitrogen and oxygen atoms in total. The molecule has 0 unspecified atom stereocenters. The maximum Gasteiger partial charge on any atom is 0.409 e. The topological polar surface area (TPSA) is 62.2 Å². The van der Waals surface area contributed by atoms with Crippen LogP contribution in [0, 0.1) is 0 Å². The van der Waals surface area contributed by atoms with Crippen molar-refractivity contribution in [2.75, 3.05) is 45.9 Å². The number of rotatable bonds is 6. The van der Waals surface area contributed by atoms with E-state index in [4.69, 9.17) is 21.1 Å². The lowest BCUT2D eigenvalue weighted by atomic mass is 10.2. The molecular formula is C16H23ClN2O4. The van der Waals surface area contributed by atoms with Crippen LogP contribution in [0.2, 0.25) is 5.02 Å². The Balaban J connectivity index is 1.69. The van der Waals surface area contributed by atoms with Crippen molar-refractivity contribution in [3.05, 3.63) is 29.3 Å². The number of amides is 1. The van der Waals surface area contributed by atoms with Gasteiger partial charge in [0.1, 0.15) is 18.5 Å². The first-order chi connectivity index (χ1) is 11.1. The Hall–Kier alpha value is -1.50. The summed E-state index contributed by atoms with van der Waals surface area (Å²) < 4.78 is 10.5. The van der Waals surface area contributed by atoms with Crippen LogP contribution in [0.25, 0.3) is 0 Å². The number of nitrogens with zero attached hydrogens (tertiary/aromatic N) is 2. The van der Waals surface area contributed by atoms with Crippen LogP contribution in [-0.2, 0) is 4.74 Å². The van der Waals surface area contributed by atoms with Crippen molar-refractivity contribution in [3.63, 3.8) is 0 Å². The van der Waals surface area contributed by atoms with Gasteiger partial charge in [-0.3, -0.25) is 4.90 Å². The molecule has 128 valence electrons. The van der Waals surface area contributed by atoms with Crippen molar-refractivity contribution in [1.82, 2.24) is 9.80 Å². The minimum absolute atomic E-state index is 0.182. The monoisotopic (exact) mass is 342 g/mol. The van der Waals surface area contributed by atoms with Crippen LogP contribution in [-0.4, -0.2) is 73.0 Å². The van der Waals surface area contributed by atoms with Crippen molar-refractivity contribution in [1.29, 1.82) is 0 Å². The second kappa shape index (κ2) is 8.96. The Morgan fingerprint density at radius 1 is 1.30 bits per heavy atom. The van der Waals surface area contributed by atoms with Crippen LogP contribution in [0.5, 0.6) is 5.75 Å². The van der Waals surface area contributed by atoms with E-state index in [2.05, 4.69) is 4.90 Å². The van der Waals surface area contributed by atoms with E-state index >= 15 is 0 Å². The zero-order chi connectivity index (χ0) is 16.7. The SMILES string of the molecule is CCOC(=O)N1CCN(C[C@H](O)COc2ccccc2Cl)CC1.